The van der Waals surface area contributed by atoms with Crippen LogP contribution in [0.15, 0.2) is 12.3 Å². The number of nitrogens with zero attached hydrogens (tertiary/aromatic N) is 2. The Balaban J connectivity index is 2.47. The second kappa shape index (κ2) is 5.95. The van der Waals surface area contributed by atoms with Gasteiger partial charge in [0, 0.05) is 13.1 Å². The number of rotatable bonds is 4. The molecule has 1 heterocycles. The Morgan fingerprint density at radius 1 is 1.42 bits per heavy atom. The second-order valence-electron chi connectivity index (χ2n) is 5.55. The zero-order valence-electron chi connectivity index (χ0n) is 12.4. The summed E-state index contributed by atoms with van der Waals surface area (Å²) in [4.78, 5) is 11.6. The summed E-state index contributed by atoms with van der Waals surface area (Å²) in [6.07, 6.45) is 1.02. The molecular weight excluding hydrogens is 246 g/mol. The fraction of sp³-hybridized carbons (Fsp3) is 0.692. The highest BCUT2D eigenvalue weighted by molar-refractivity contribution is 5.68. The van der Waals surface area contributed by atoms with Crippen LogP contribution in [0.1, 0.15) is 34.6 Å². The fourth-order valence-corrected chi connectivity index (χ4v) is 1.38. The van der Waals surface area contributed by atoms with Crippen LogP contribution in [0.4, 0.5) is 4.79 Å². The van der Waals surface area contributed by atoms with Gasteiger partial charge >= 0.3 is 6.09 Å². The molecule has 0 saturated carbocycles. The summed E-state index contributed by atoms with van der Waals surface area (Å²) in [5.41, 5.74) is -0.504. The number of nitrogens with one attached hydrogen (secondary N) is 1. The molecule has 0 aliphatic rings. The lowest BCUT2D eigenvalue weighted by Crippen LogP contribution is -2.44. The first kappa shape index (κ1) is 15.3. The van der Waals surface area contributed by atoms with Crippen LogP contribution in [-0.2, 0) is 11.8 Å². The number of aryl methyl sites for hydroxylation is 1. The number of hydrogen-bond donors (Lipinski definition) is 1. The minimum Gasteiger partial charge on any atom is -0.473 e. The van der Waals surface area contributed by atoms with Crippen LogP contribution in [0.3, 0.4) is 0 Å². The first-order valence-corrected chi connectivity index (χ1v) is 6.33. The van der Waals surface area contributed by atoms with Crippen molar-refractivity contribution in [2.45, 2.75) is 52.4 Å². The van der Waals surface area contributed by atoms with Crippen LogP contribution >= 0.6 is 0 Å². The summed E-state index contributed by atoms with van der Waals surface area (Å²) in [6, 6.07) is 1.60. The molecule has 0 fully saturated rings. The molecule has 0 bridgehead atoms. The van der Waals surface area contributed by atoms with Crippen LogP contribution in [0.5, 0.6) is 5.88 Å². The van der Waals surface area contributed by atoms with E-state index in [0.29, 0.717) is 5.88 Å². The molecule has 1 N–H and O–H groups in total. The second-order valence-corrected chi connectivity index (χ2v) is 5.55. The van der Waals surface area contributed by atoms with E-state index < -0.39 is 11.7 Å². The van der Waals surface area contributed by atoms with E-state index in [1.165, 1.54) is 0 Å². The lowest BCUT2D eigenvalue weighted by atomic mass is 10.2. The highest BCUT2D eigenvalue weighted by atomic mass is 16.6. The van der Waals surface area contributed by atoms with Crippen molar-refractivity contribution < 1.29 is 14.3 Å². The SMILES string of the molecule is CC(NC(=O)OC(C)(C)C)C(C)Oc1ccnn1C. The zero-order chi connectivity index (χ0) is 14.6. The van der Waals surface area contributed by atoms with E-state index in [0.717, 1.165) is 0 Å². The molecule has 2 atom stereocenters. The lowest BCUT2D eigenvalue weighted by Gasteiger charge is -2.25. The van der Waals surface area contributed by atoms with Crippen molar-refractivity contribution in [3.8, 4) is 5.88 Å². The van der Waals surface area contributed by atoms with Crippen molar-refractivity contribution in [3.05, 3.63) is 12.3 Å². The van der Waals surface area contributed by atoms with Gasteiger partial charge < -0.3 is 14.8 Å². The first-order valence-electron chi connectivity index (χ1n) is 6.33. The summed E-state index contributed by atoms with van der Waals surface area (Å²) in [7, 11) is 1.80. The number of aromatic nitrogens is 2. The third kappa shape index (κ3) is 5.19. The summed E-state index contributed by atoms with van der Waals surface area (Å²) in [6.45, 7) is 9.23. The number of ether oxygens (including phenoxy) is 2. The maximum Gasteiger partial charge on any atom is 0.407 e. The summed E-state index contributed by atoms with van der Waals surface area (Å²) < 4.78 is 12.5. The van der Waals surface area contributed by atoms with Gasteiger partial charge in [0.25, 0.3) is 0 Å². The van der Waals surface area contributed by atoms with Crippen LogP contribution in [0.25, 0.3) is 0 Å². The molecule has 0 radical (unpaired) electrons. The quantitative estimate of drug-likeness (QED) is 0.909. The molecule has 19 heavy (non-hydrogen) atoms. The van der Waals surface area contributed by atoms with Gasteiger partial charge in [-0.1, -0.05) is 0 Å². The van der Waals surface area contributed by atoms with Crippen molar-refractivity contribution in [1.82, 2.24) is 15.1 Å². The van der Waals surface area contributed by atoms with Crippen LogP contribution < -0.4 is 10.1 Å². The van der Waals surface area contributed by atoms with E-state index in [1.54, 1.807) is 24.0 Å². The van der Waals surface area contributed by atoms with Crippen molar-refractivity contribution in [3.63, 3.8) is 0 Å². The van der Waals surface area contributed by atoms with Crippen LogP contribution in [0, 0.1) is 0 Å². The molecular formula is C13H23N3O3. The number of hydrogen-bond acceptors (Lipinski definition) is 4. The molecule has 1 amide bonds. The van der Waals surface area contributed by atoms with Gasteiger partial charge in [-0.25, -0.2) is 9.48 Å². The highest BCUT2D eigenvalue weighted by Crippen LogP contribution is 2.12. The van der Waals surface area contributed by atoms with Gasteiger partial charge in [0.1, 0.15) is 11.7 Å². The topological polar surface area (TPSA) is 65.4 Å². The number of alkyl carbamates (subject to hydrolysis) is 1. The molecule has 6 heteroatoms. The van der Waals surface area contributed by atoms with Crippen molar-refractivity contribution in [1.29, 1.82) is 0 Å². The van der Waals surface area contributed by atoms with Crippen molar-refractivity contribution >= 4 is 6.09 Å². The van der Waals surface area contributed by atoms with Gasteiger partial charge in [-0.3, -0.25) is 0 Å². The fourth-order valence-electron chi connectivity index (χ4n) is 1.38. The Morgan fingerprint density at radius 3 is 2.53 bits per heavy atom. The van der Waals surface area contributed by atoms with Gasteiger partial charge in [-0.2, -0.15) is 5.10 Å². The van der Waals surface area contributed by atoms with E-state index in [1.807, 2.05) is 34.6 Å². The highest BCUT2D eigenvalue weighted by Gasteiger charge is 2.21. The molecule has 108 valence electrons. The van der Waals surface area contributed by atoms with Gasteiger partial charge in [0.2, 0.25) is 5.88 Å². The maximum absolute atomic E-state index is 11.6. The molecule has 1 rings (SSSR count). The molecule has 1 aromatic rings. The average Bonchev–Trinajstić information content (AvgIpc) is 2.61. The van der Waals surface area contributed by atoms with Crippen LogP contribution in [-0.4, -0.2) is 33.6 Å². The Hall–Kier alpha value is -1.72. The first-order chi connectivity index (χ1) is 8.69. The van der Waals surface area contributed by atoms with Crippen molar-refractivity contribution in [2.75, 3.05) is 0 Å². The molecule has 0 aliphatic heterocycles. The minimum atomic E-state index is -0.504. The summed E-state index contributed by atoms with van der Waals surface area (Å²) in [5, 5.41) is 6.77. The van der Waals surface area contributed by atoms with E-state index >= 15 is 0 Å². The normalized spacial score (nSPS) is 14.6. The molecule has 1 aromatic heterocycles. The molecule has 0 aromatic carbocycles. The largest absolute Gasteiger partial charge is 0.473 e. The van der Waals surface area contributed by atoms with Crippen LogP contribution in [0.2, 0.25) is 0 Å². The number of amides is 1. The zero-order valence-corrected chi connectivity index (χ0v) is 12.4. The molecule has 0 aliphatic carbocycles. The third-order valence-corrected chi connectivity index (χ3v) is 2.53. The molecule has 6 nitrogen and oxygen atoms in total. The monoisotopic (exact) mass is 269 g/mol. The van der Waals surface area contributed by atoms with E-state index in [2.05, 4.69) is 10.4 Å². The standard InChI is InChI=1S/C13H23N3O3/c1-9(15-12(17)19-13(3,4)5)10(2)18-11-7-8-14-16(11)6/h7-10H,1-6H3,(H,15,17). The van der Waals surface area contributed by atoms with E-state index in [-0.39, 0.29) is 12.1 Å². The van der Waals surface area contributed by atoms with Crippen molar-refractivity contribution in [2.24, 2.45) is 7.05 Å². The summed E-state index contributed by atoms with van der Waals surface area (Å²) in [5.74, 6) is 0.658. The van der Waals surface area contributed by atoms with E-state index in [9.17, 15) is 4.79 Å². The maximum atomic E-state index is 11.6. The lowest BCUT2D eigenvalue weighted by molar-refractivity contribution is 0.0460. The summed E-state index contributed by atoms with van der Waals surface area (Å²) >= 11 is 0. The van der Waals surface area contributed by atoms with Gasteiger partial charge in [-0.15, -0.1) is 0 Å². The molecule has 0 spiro atoms. The Bertz CT molecular complexity index is 423. The van der Waals surface area contributed by atoms with Gasteiger partial charge in [-0.05, 0) is 34.6 Å². The Morgan fingerprint density at radius 2 is 2.05 bits per heavy atom. The molecule has 0 saturated heterocycles. The number of carbonyl (C=O) groups is 1. The Labute approximate surface area is 114 Å². The molecule has 2 unspecified atom stereocenters. The minimum absolute atomic E-state index is 0.176. The number of carbonyl (C=O) groups excluding carboxylic acids is 1. The third-order valence-electron chi connectivity index (χ3n) is 2.53. The Kier molecular flexibility index (Phi) is 4.80. The average molecular weight is 269 g/mol. The predicted octanol–water partition coefficient (Wildman–Crippen LogP) is 2.10. The van der Waals surface area contributed by atoms with Gasteiger partial charge in [0.15, 0.2) is 0 Å². The van der Waals surface area contributed by atoms with E-state index in [4.69, 9.17) is 9.47 Å². The smallest absolute Gasteiger partial charge is 0.407 e. The predicted molar refractivity (Wildman–Crippen MR) is 72.1 cm³/mol. The van der Waals surface area contributed by atoms with Gasteiger partial charge in [0.05, 0.1) is 12.2 Å².